The number of carbonyl (C=O) groups excluding carboxylic acids is 4. The van der Waals surface area contributed by atoms with Gasteiger partial charge in [0.15, 0.2) is 0 Å². The van der Waals surface area contributed by atoms with E-state index in [1.165, 1.54) is 4.90 Å². The van der Waals surface area contributed by atoms with Gasteiger partial charge in [-0.15, -0.1) is 13.2 Å². The quantitative estimate of drug-likeness (QED) is 0.158. The van der Waals surface area contributed by atoms with Gasteiger partial charge in [0, 0.05) is 19.5 Å². The predicted octanol–water partition coefficient (Wildman–Crippen LogP) is 3.31. The van der Waals surface area contributed by atoms with Gasteiger partial charge in [-0.2, -0.15) is 0 Å². The maximum absolute atomic E-state index is 14.5. The molecule has 3 heterocycles. The second kappa shape index (κ2) is 15.0. The zero-order valence-corrected chi connectivity index (χ0v) is 26.0. The fraction of sp³-hybridized carbons (Fsp3) is 0.588. The van der Waals surface area contributed by atoms with Gasteiger partial charge in [-0.1, -0.05) is 62.2 Å². The Balaban J connectivity index is 1.65. The molecule has 0 radical (unpaired) electrons. The lowest BCUT2D eigenvalue weighted by atomic mass is 9.70. The minimum absolute atomic E-state index is 0.131. The fourth-order valence-corrected chi connectivity index (χ4v) is 7.07. The van der Waals surface area contributed by atoms with E-state index in [0.29, 0.717) is 44.3 Å². The zero-order valence-electron chi connectivity index (χ0n) is 26.0. The fourth-order valence-electron chi connectivity index (χ4n) is 7.07. The zero-order chi connectivity index (χ0) is 31.9. The molecule has 1 aromatic rings. The highest BCUT2D eigenvalue weighted by Crippen LogP contribution is 2.60. The lowest BCUT2D eigenvalue weighted by molar-refractivity contribution is -0.160. The van der Waals surface area contributed by atoms with Gasteiger partial charge >= 0.3 is 5.97 Å². The summed E-state index contributed by atoms with van der Waals surface area (Å²) in [7, 11) is 0. The second-order valence-corrected chi connectivity index (χ2v) is 12.1. The number of esters is 1. The topological polar surface area (TPSA) is 125 Å². The van der Waals surface area contributed by atoms with E-state index in [0.717, 1.165) is 19.3 Å². The van der Waals surface area contributed by atoms with Gasteiger partial charge in [0.1, 0.15) is 17.7 Å². The number of fused-ring (bicyclic) bond motifs is 1. The first-order chi connectivity index (χ1) is 21.2. The van der Waals surface area contributed by atoms with Crippen LogP contribution in [0.15, 0.2) is 55.6 Å². The van der Waals surface area contributed by atoms with E-state index in [-0.39, 0.29) is 18.4 Å². The minimum atomic E-state index is -1.23. The van der Waals surface area contributed by atoms with E-state index in [2.05, 4.69) is 25.4 Å². The second-order valence-electron chi connectivity index (χ2n) is 12.1. The average Bonchev–Trinajstić information content (AvgIpc) is 3.67. The van der Waals surface area contributed by atoms with Crippen molar-refractivity contribution >= 4 is 23.7 Å². The highest BCUT2D eigenvalue weighted by Gasteiger charge is 2.75. The smallest absolute Gasteiger partial charge is 0.312 e. The monoisotopic (exact) mass is 609 g/mol. The third-order valence-corrected chi connectivity index (χ3v) is 9.11. The first-order valence-electron chi connectivity index (χ1n) is 15.9. The number of carbonyl (C=O) groups is 4. The number of aliphatic hydroxyl groups excluding tert-OH is 1. The number of benzene rings is 1. The minimum Gasteiger partial charge on any atom is -0.460 e. The van der Waals surface area contributed by atoms with Crippen molar-refractivity contribution in [2.75, 3.05) is 26.2 Å². The highest BCUT2D eigenvalue weighted by molar-refractivity contribution is 5.98. The lowest BCUT2D eigenvalue weighted by Crippen LogP contribution is -2.57. The van der Waals surface area contributed by atoms with E-state index in [4.69, 9.17) is 9.47 Å². The van der Waals surface area contributed by atoms with Crippen LogP contribution in [0.1, 0.15) is 70.4 Å². The molecule has 1 aromatic carbocycles. The number of amides is 3. The van der Waals surface area contributed by atoms with Crippen LogP contribution in [0.2, 0.25) is 0 Å². The van der Waals surface area contributed by atoms with Gasteiger partial charge in [0.2, 0.25) is 17.7 Å². The predicted molar refractivity (Wildman–Crippen MR) is 165 cm³/mol. The van der Waals surface area contributed by atoms with Gasteiger partial charge in [0.25, 0.3) is 0 Å². The van der Waals surface area contributed by atoms with Crippen LogP contribution in [0.5, 0.6) is 0 Å². The van der Waals surface area contributed by atoms with Gasteiger partial charge in [-0.3, -0.25) is 19.2 Å². The number of allylic oxidation sites excluding steroid dienone is 1. The number of nitrogens with one attached hydrogen (secondary N) is 1. The van der Waals surface area contributed by atoms with Crippen LogP contribution in [0.25, 0.3) is 0 Å². The SMILES string of the molecule is C=CCCC(=O)NC[C@@H](C)OC(=O)[C@@H]1[C@@H]2CC[C@]3(O2)[C@H](C(=O)N(CC=C)CCCCC)N([C@H](CO)c2ccccc2)C(=O)[C@@H]13. The Kier molecular flexibility index (Phi) is 11.4. The summed E-state index contributed by atoms with van der Waals surface area (Å²) in [5.41, 5.74) is -0.537. The molecular weight excluding hydrogens is 562 g/mol. The Morgan fingerprint density at radius 3 is 2.64 bits per heavy atom. The van der Waals surface area contributed by atoms with Gasteiger partial charge in [0.05, 0.1) is 37.1 Å². The first kappa shape index (κ1) is 33.4. The Morgan fingerprint density at radius 2 is 1.98 bits per heavy atom. The van der Waals surface area contributed by atoms with Crippen molar-refractivity contribution in [1.82, 2.24) is 15.1 Å². The molecular formula is C34H47N3O7. The summed E-state index contributed by atoms with van der Waals surface area (Å²) < 4.78 is 12.3. The van der Waals surface area contributed by atoms with E-state index in [1.807, 2.05) is 30.3 Å². The Bertz CT molecular complexity index is 1210. The summed E-state index contributed by atoms with van der Waals surface area (Å²) in [4.78, 5) is 57.9. The molecule has 10 heteroatoms. The molecule has 0 unspecified atom stereocenters. The van der Waals surface area contributed by atoms with Gasteiger partial charge < -0.3 is 29.7 Å². The molecule has 3 aliphatic heterocycles. The molecule has 44 heavy (non-hydrogen) atoms. The van der Waals surface area contributed by atoms with Crippen molar-refractivity contribution in [2.45, 2.75) is 88.7 Å². The molecule has 240 valence electrons. The van der Waals surface area contributed by atoms with E-state index in [1.54, 1.807) is 24.0 Å². The number of hydrogen-bond acceptors (Lipinski definition) is 7. The molecule has 3 fully saturated rings. The molecule has 3 aliphatic rings. The summed E-state index contributed by atoms with van der Waals surface area (Å²) >= 11 is 0. The van der Waals surface area contributed by atoms with Crippen molar-refractivity contribution < 1.29 is 33.8 Å². The molecule has 0 aromatic heterocycles. The maximum atomic E-state index is 14.5. The molecule has 0 saturated carbocycles. The van der Waals surface area contributed by atoms with Crippen molar-refractivity contribution in [1.29, 1.82) is 0 Å². The Labute approximate surface area is 260 Å². The summed E-state index contributed by atoms with van der Waals surface area (Å²) in [6.07, 6.45) is 6.64. The molecule has 4 rings (SSSR count). The molecule has 2 bridgehead atoms. The number of ether oxygens (including phenoxy) is 2. The third-order valence-electron chi connectivity index (χ3n) is 9.11. The average molecular weight is 610 g/mol. The molecule has 3 saturated heterocycles. The van der Waals surface area contributed by atoms with Crippen molar-refractivity contribution in [3.63, 3.8) is 0 Å². The largest absolute Gasteiger partial charge is 0.460 e. The highest BCUT2D eigenvalue weighted by atomic mass is 16.6. The number of hydrogen-bond donors (Lipinski definition) is 2. The molecule has 0 aliphatic carbocycles. The van der Waals surface area contributed by atoms with Crippen molar-refractivity contribution in [2.24, 2.45) is 11.8 Å². The number of nitrogens with zero attached hydrogens (tertiary/aromatic N) is 2. The van der Waals surface area contributed by atoms with Crippen LogP contribution in [0, 0.1) is 11.8 Å². The number of unbranched alkanes of at least 4 members (excludes halogenated alkanes) is 2. The van der Waals surface area contributed by atoms with Crippen molar-refractivity contribution in [3.05, 3.63) is 61.2 Å². The normalized spacial score (nSPS) is 26.5. The maximum Gasteiger partial charge on any atom is 0.312 e. The molecule has 10 nitrogen and oxygen atoms in total. The molecule has 2 N–H and O–H groups in total. The molecule has 1 spiro atoms. The standard InChI is InChI=1S/C34H47N3O7/c1-5-8-13-20-36(19-7-3)32(41)30-34-18-17-26(44-34)28(33(42)43-23(4)21-35-27(39)16-9-6-2)29(34)31(40)37(30)25(22-38)24-14-11-10-12-15-24/h6-7,10-12,14-15,23,25-26,28-30,38H,2-3,5,8-9,13,16-22H2,1,4H3,(H,35,39)/t23-,25-,26+,28-,29-,30+,34-/m1/s1. The molecule has 3 amide bonds. The summed E-state index contributed by atoms with van der Waals surface area (Å²) in [6, 6.07) is 7.30. The van der Waals surface area contributed by atoms with Gasteiger partial charge in [-0.25, -0.2) is 0 Å². The van der Waals surface area contributed by atoms with Crippen LogP contribution in [-0.4, -0.2) is 88.7 Å². The van der Waals surface area contributed by atoms with Gasteiger partial charge in [-0.05, 0) is 38.2 Å². The Morgan fingerprint density at radius 1 is 1.23 bits per heavy atom. The summed E-state index contributed by atoms with van der Waals surface area (Å²) in [5.74, 6) is -3.25. The summed E-state index contributed by atoms with van der Waals surface area (Å²) in [6.45, 7) is 11.8. The van der Waals surface area contributed by atoms with Crippen LogP contribution >= 0.6 is 0 Å². The number of aliphatic hydroxyl groups is 1. The first-order valence-corrected chi connectivity index (χ1v) is 15.9. The Hall–Kier alpha value is -3.50. The van der Waals surface area contributed by atoms with Crippen LogP contribution in [0.3, 0.4) is 0 Å². The molecule has 7 atom stereocenters. The number of rotatable bonds is 17. The van der Waals surface area contributed by atoms with E-state index in [9.17, 15) is 24.3 Å². The van der Waals surface area contributed by atoms with E-state index < -0.39 is 60.2 Å². The summed E-state index contributed by atoms with van der Waals surface area (Å²) in [5, 5.41) is 13.4. The lowest BCUT2D eigenvalue weighted by Gasteiger charge is -2.39. The van der Waals surface area contributed by atoms with Crippen molar-refractivity contribution in [3.8, 4) is 0 Å². The van der Waals surface area contributed by atoms with Crippen LogP contribution in [0.4, 0.5) is 0 Å². The van der Waals surface area contributed by atoms with Crippen LogP contribution in [-0.2, 0) is 28.7 Å². The third kappa shape index (κ3) is 6.61. The van der Waals surface area contributed by atoms with E-state index >= 15 is 0 Å². The van der Waals surface area contributed by atoms with Crippen LogP contribution < -0.4 is 5.32 Å². The number of likely N-dealkylation sites (tertiary alicyclic amines) is 1.